The second kappa shape index (κ2) is 10.3. The molecule has 8 nitrogen and oxygen atoms in total. The first-order valence-electron chi connectivity index (χ1n) is 12.6. The van der Waals surface area contributed by atoms with Crippen LogP contribution in [0.5, 0.6) is 11.5 Å². The van der Waals surface area contributed by atoms with Gasteiger partial charge in [-0.15, -0.1) is 5.10 Å². The number of methoxy groups -OCH3 is 1. The summed E-state index contributed by atoms with van der Waals surface area (Å²) in [4.78, 5) is 9.08. The van der Waals surface area contributed by atoms with Gasteiger partial charge in [-0.2, -0.15) is 4.39 Å². The predicted molar refractivity (Wildman–Crippen MR) is 141 cm³/mol. The number of rotatable bonds is 9. The number of ether oxygens (including phenoxy) is 2. The van der Waals surface area contributed by atoms with E-state index in [1.807, 2.05) is 35.9 Å². The van der Waals surface area contributed by atoms with E-state index in [0.717, 1.165) is 24.2 Å². The van der Waals surface area contributed by atoms with Crippen molar-refractivity contribution in [3.63, 3.8) is 0 Å². The zero-order chi connectivity index (χ0) is 26.9. The summed E-state index contributed by atoms with van der Waals surface area (Å²) in [6.45, 7) is 0.766. The Morgan fingerprint density at radius 1 is 0.974 bits per heavy atom. The topological polar surface area (TPSA) is 79.9 Å². The van der Waals surface area contributed by atoms with Crippen LogP contribution in [0.25, 0.3) is 33.9 Å². The molecule has 0 unspecified atom stereocenters. The lowest BCUT2D eigenvalue weighted by Gasteiger charge is -2.13. The van der Waals surface area contributed by atoms with Crippen LogP contribution in [0.15, 0.2) is 67.1 Å². The number of aryl methyl sites for hydroxylation is 1. The maximum atomic E-state index is 15.4. The van der Waals surface area contributed by atoms with E-state index in [0.29, 0.717) is 46.5 Å². The quantitative estimate of drug-likeness (QED) is 0.250. The highest BCUT2D eigenvalue weighted by Gasteiger charge is 2.25. The highest BCUT2D eigenvalue weighted by Crippen LogP contribution is 2.38. The highest BCUT2D eigenvalue weighted by atomic mass is 19.1. The molecular weight excluding hydrogens is 502 g/mol. The number of hydrogen-bond acceptors (Lipinski definition) is 6. The fourth-order valence-electron chi connectivity index (χ4n) is 4.43. The van der Waals surface area contributed by atoms with Gasteiger partial charge in [0.15, 0.2) is 0 Å². The molecule has 0 saturated heterocycles. The standard InChI is InChI=1S/C29H26F2N6O2/c1-36-17-33-27(28(36)23-10-7-21(30)14-25(23)39-16-19-3-4-19)24-13-20(11-12-32-24)26-29(31)37(35-34-26)15-18-5-8-22(38-2)9-6-18/h5-14,17,19H,3-4,15-16H2,1-2H3. The molecular formula is C29H26F2N6O2. The van der Waals surface area contributed by atoms with Gasteiger partial charge in [0.25, 0.3) is 0 Å². The van der Waals surface area contributed by atoms with Crippen molar-refractivity contribution in [2.24, 2.45) is 13.0 Å². The van der Waals surface area contributed by atoms with Crippen LogP contribution in [0.1, 0.15) is 18.4 Å². The molecule has 3 heterocycles. The summed E-state index contributed by atoms with van der Waals surface area (Å²) in [6.07, 6.45) is 5.50. The third kappa shape index (κ3) is 5.09. The van der Waals surface area contributed by atoms with Crippen molar-refractivity contribution in [1.29, 1.82) is 0 Å². The second-order valence-electron chi connectivity index (χ2n) is 9.61. The predicted octanol–water partition coefficient (Wildman–Crippen LogP) is 5.53. The first-order chi connectivity index (χ1) is 19.0. The van der Waals surface area contributed by atoms with Gasteiger partial charge in [0.05, 0.1) is 38.0 Å². The second-order valence-corrected chi connectivity index (χ2v) is 9.61. The van der Waals surface area contributed by atoms with Gasteiger partial charge in [0, 0.05) is 30.4 Å². The van der Waals surface area contributed by atoms with Gasteiger partial charge < -0.3 is 14.0 Å². The number of halogens is 2. The molecule has 3 aromatic heterocycles. The molecule has 0 aliphatic heterocycles. The van der Waals surface area contributed by atoms with E-state index in [1.165, 1.54) is 16.8 Å². The molecule has 6 rings (SSSR count). The van der Waals surface area contributed by atoms with E-state index in [2.05, 4.69) is 20.3 Å². The summed E-state index contributed by atoms with van der Waals surface area (Å²) >= 11 is 0. The van der Waals surface area contributed by atoms with E-state index in [1.54, 1.807) is 37.8 Å². The van der Waals surface area contributed by atoms with Crippen LogP contribution in [0.4, 0.5) is 8.78 Å². The van der Waals surface area contributed by atoms with Crippen LogP contribution in [-0.4, -0.2) is 43.2 Å². The fraction of sp³-hybridized carbons (Fsp3) is 0.241. The Morgan fingerprint density at radius 3 is 2.56 bits per heavy atom. The van der Waals surface area contributed by atoms with Crippen molar-refractivity contribution < 1.29 is 18.3 Å². The van der Waals surface area contributed by atoms with E-state index in [9.17, 15) is 4.39 Å². The Bertz CT molecular complexity index is 1630. The summed E-state index contributed by atoms with van der Waals surface area (Å²) in [5.41, 5.74) is 3.99. The average Bonchev–Trinajstić information content (AvgIpc) is 3.61. The SMILES string of the molecule is COc1ccc(Cn2nnc(-c3ccnc(-c4ncn(C)c4-c4ccc(F)cc4OCC4CC4)c3)c2F)cc1. The Morgan fingerprint density at radius 2 is 1.79 bits per heavy atom. The molecule has 198 valence electrons. The van der Waals surface area contributed by atoms with Crippen molar-refractivity contribution in [1.82, 2.24) is 29.5 Å². The number of pyridine rings is 1. The summed E-state index contributed by atoms with van der Waals surface area (Å²) in [5.74, 6) is 0.757. The molecule has 0 N–H and O–H groups in total. The molecule has 2 aromatic carbocycles. The maximum Gasteiger partial charge on any atom is 0.240 e. The van der Waals surface area contributed by atoms with Crippen molar-refractivity contribution >= 4 is 0 Å². The molecule has 5 aromatic rings. The van der Waals surface area contributed by atoms with Gasteiger partial charge in [0.1, 0.15) is 28.7 Å². The molecule has 10 heteroatoms. The monoisotopic (exact) mass is 528 g/mol. The van der Waals surface area contributed by atoms with E-state index >= 15 is 4.39 Å². The third-order valence-electron chi connectivity index (χ3n) is 6.75. The van der Waals surface area contributed by atoms with Gasteiger partial charge in [-0.05, 0) is 60.7 Å². The van der Waals surface area contributed by atoms with Gasteiger partial charge in [0.2, 0.25) is 5.95 Å². The third-order valence-corrected chi connectivity index (χ3v) is 6.75. The lowest BCUT2D eigenvalue weighted by Crippen LogP contribution is -2.05. The molecule has 1 fully saturated rings. The van der Waals surface area contributed by atoms with Crippen molar-refractivity contribution in [2.45, 2.75) is 19.4 Å². The Labute approximate surface area is 223 Å². The van der Waals surface area contributed by atoms with Crippen LogP contribution in [0.3, 0.4) is 0 Å². The summed E-state index contributed by atoms with van der Waals surface area (Å²) in [5, 5.41) is 8.13. The molecule has 1 saturated carbocycles. The van der Waals surface area contributed by atoms with Crippen molar-refractivity contribution in [3.8, 4) is 45.4 Å². The number of benzene rings is 2. The number of hydrogen-bond donors (Lipinski definition) is 0. The molecule has 0 spiro atoms. The van der Waals surface area contributed by atoms with E-state index in [4.69, 9.17) is 9.47 Å². The summed E-state index contributed by atoms with van der Waals surface area (Å²) < 4.78 is 43.8. The summed E-state index contributed by atoms with van der Waals surface area (Å²) in [6, 6.07) is 15.2. The molecule has 0 atom stereocenters. The molecule has 0 radical (unpaired) electrons. The van der Waals surface area contributed by atoms with Gasteiger partial charge in [-0.25, -0.2) is 14.1 Å². The van der Waals surface area contributed by atoms with Crippen LogP contribution in [-0.2, 0) is 13.6 Å². The molecule has 0 amide bonds. The normalized spacial score (nSPS) is 13.0. The zero-order valence-corrected chi connectivity index (χ0v) is 21.5. The lowest BCUT2D eigenvalue weighted by molar-refractivity contribution is 0.299. The highest BCUT2D eigenvalue weighted by molar-refractivity contribution is 5.81. The first kappa shape index (κ1) is 24.7. The molecule has 39 heavy (non-hydrogen) atoms. The average molecular weight is 529 g/mol. The van der Waals surface area contributed by atoms with Crippen molar-refractivity contribution in [2.75, 3.05) is 13.7 Å². The molecule has 1 aliphatic rings. The minimum absolute atomic E-state index is 0.111. The fourth-order valence-corrected chi connectivity index (χ4v) is 4.43. The lowest BCUT2D eigenvalue weighted by atomic mass is 10.0. The minimum atomic E-state index is -0.557. The van der Waals surface area contributed by atoms with Crippen LogP contribution >= 0.6 is 0 Å². The van der Waals surface area contributed by atoms with E-state index in [-0.39, 0.29) is 18.1 Å². The zero-order valence-electron chi connectivity index (χ0n) is 21.5. The van der Waals surface area contributed by atoms with Crippen LogP contribution < -0.4 is 9.47 Å². The van der Waals surface area contributed by atoms with Crippen LogP contribution in [0.2, 0.25) is 0 Å². The Hall–Kier alpha value is -4.60. The summed E-state index contributed by atoms with van der Waals surface area (Å²) in [7, 11) is 3.45. The minimum Gasteiger partial charge on any atom is -0.497 e. The van der Waals surface area contributed by atoms with Gasteiger partial charge >= 0.3 is 0 Å². The molecule has 1 aliphatic carbocycles. The largest absolute Gasteiger partial charge is 0.497 e. The number of imidazole rings is 1. The van der Waals surface area contributed by atoms with Gasteiger partial charge in [-0.1, -0.05) is 17.3 Å². The van der Waals surface area contributed by atoms with Crippen molar-refractivity contribution in [3.05, 3.63) is 84.4 Å². The number of nitrogens with zero attached hydrogens (tertiary/aromatic N) is 6. The first-order valence-corrected chi connectivity index (χ1v) is 12.6. The Kier molecular flexibility index (Phi) is 6.52. The smallest absolute Gasteiger partial charge is 0.240 e. The van der Waals surface area contributed by atoms with Gasteiger partial charge in [-0.3, -0.25) is 4.98 Å². The van der Waals surface area contributed by atoms with Crippen LogP contribution in [0, 0.1) is 17.7 Å². The van der Waals surface area contributed by atoms with E-state index < -0.39 is 5.95 Å². The Balaban J connectivity index is 1.32. The number of aromatic nitrogens is 6. The molecule has 0 bridgehead atoms. The maximum absolute atomic E-state index is 15.4.